The topological polar surface area (TPSA) is 63.0 Å². The summed E-state index contributed by atoms with van der Waals surface area (Å²) in [6.07, 6.45) is 22.8. The third-order valence-electron chi connectivity index (χ3n) is 4.53. The third-order valence-corrected chi connectivity index (χ3v) is 5.47. The molecule has 25 heavy (non-hydrogen) atoms. The Hall–Kier alpha value is -0.640. The lowest BCUT2D eigenvalue weighted by molar-refractivity contribution is -0.137. The highest BCUT2D eigenvalue weighted by molar-refractivity contribution is 8.03. The van der Waals surface area contributed by atoms with Crippen LogP contribution in [0.25, 0.3) is 0 Å². The SMILES string of the molecule is CCCCCCCCCCCCCCCCCCS/C(N)=C\C([O])=O. The van der Waals surface area contributed by atoms with Gasteiger partial charge in [-0.25, -0.2) is 9.90 Å². The Balaban J connectivity index is 3.11. The van der Waals surface area contributed by atoms with Crippen LogP contribution in [0.4, 0.5) is 0 Å². The van der Waals surface area contributed by atoms with Gasteiger partial charge in [0.05, 0.1) is 11.1 Å². The minimum absolute atomic E-state index is 0.348. The molecular formula is C21H40NO2S. The fourth-order valence-electron chi connectivity index (χ4n) is 3.00. The van der Waals surface area contributed by atoms with Gasteiger partial charge in [-0.15, -0.1) is 11.8 Å². The van der Waals surface area contributed by atoms with Crippen LogP contribution in [-0.4, -0.2) is 11.7 Å². The molecule has 0 unspecified atom stereocenters. The largest absolute Gasteiger partial charge is 0.393 e. The molecule has 0 aromatic heterocycles. The minimum atomic E-state index is -1.21. The zero-order valence-electron chi connectivity index (χ0n) is 16.4. The molecule has 0 heterocycles. The van der Waals surface area contributed by atoms with Crippen molar-refractivity contribution in [3.05, 3.63) is 11.1 Å². The molecule has 0 amide bonds. The summed E-state index contributed by atoms with van der Waals surface area (Å²) in [7, 11) is 0. The molecule has 0 fully saturated rings. The van der Waals surface area contributed by atoms with E-state index in [-0.39, 0.29) is 0 Å². The highest BCUT2D eigenvalue weighted by Crippen LogP contribution is 2.16. The highest BCUT2D eigenvalue weighted by Gasteiger charge is 1.98. The quantitative estimate of drug-likeness (QED) is 0.202. The Labute approximate surface area is 160 Å². The maximum atomic E-state index is 10.3. The first kappa shape index (κ1) is 24.4. The van der Waals surface area contributed by atoms with E-state index in [1.54, 1.807) is 0 Å². The molecule has 0 bridgehead atoms. The maximum Gasteiger partial charge on any atom is 0.381 e. The van der Waals surface area contributed by atoms with E-state index in [2.05, 4.69) is 6.92 Å². The van der Waals surface area contributed by atoms with E-state index in [9.17, 15) is 9.90 Å². The van der Waals surface area contributed by atoms with E-state index in [1.807, 2.05) is 0 Å². The summed E-state index contributed by atoms with van der Waals surface area (Å²) in [6.45, 7) is 2.27. The van der Waals surface area contributed by atoms with Gasteiger partial charge < -0.3 is 5.73 Å². The van der Waals surface area contributed by atoms with Crippen LogP contribution >= 0.6 is 11.8 Å². The van der Waals surface area contributed by atoms with Crippen LogP contribution < -0.4 is 5.73 Å². The van der Waals surface area contributed by atoms with Crippen LogP contribution in [0.2, 0.25) is 0 Å². The number of hydrogen-bond acceptors (Lipinski definition) is 3. The molecule has 2 N–H and O–H groups in total. The zero-order chi connectivity index (χ0) is 18.6. The van der Waals surface area contributed by atoms with E-state index in [1.165, 1.54) is 108 Å². The van der Waals surface area contributed by atoms with Crippen LogP contribution in [0.3, 0.4) is 0 Å². The lowest BCUT2D eigenvalue weighted by Gasteiger charge is -2.04. The van der Waals surface area contributed by atoms with Gasteiger partial charge in [0, 0.05) is 0 Å². The van der Waals surface area contributed by atoms with E-state index in [0.717, 1.165) is 18.2 Å². The molecule has 0 aromatic rings. The van der Waals surface area contributed by atoms with Crippen molar-refractivity contribution in [2.45, 2.75) is 110 Å². The van der Waals surface area contributed by atoms with Crippen LogP contribution in [0, 0.1) is 0 Å². The molecule has 0 rings (SSSR count). The van der Waals surface area contributed by atoms with Gasteiger partial charge in [0.15, 0.2) is 0 Å². The monoisotopic (exact) mass is 370 g/mol. The Morgan fingerprint density at radius 1 is 0.720 bits per heavy atom. The number of nitrogens with two attached hydrogens (primary N) is 1. The van der Waals surface area contributed by atoms with Gasteiger partial charge in [-0.1, -0.05) is 103 Å². The molecule has 0 aromatic carbocycles. The Morgan fingerprint density at radius 3 is 1.44 bits per heavy atom. The lowest BCUT2D eigenvalue weighted by Crippen LogP contribution is -1.98. The fourth-order valence-corrected chi connectivity index (χ4v) is 3.76. The number of unbranched alkanes of at least 4 members (excludes halogenated alkanes) is 15. The van der Waals surface area contributed by atoms with Crippen LogP contribution in [0.5, 0.6) is 0 Å². The second kappa shape index (κ2) is 19.7. The summed E-state index contributed by atoms with van der Waals surface area (Å²) in [5.74, 6) is -0.314. The summed E-state index contributed by atoms with van der Waals surface area (Å²) in [4.78, 5) is 10.3. The predicted molar refractivity (Wildman–Crippen MR) is 110 cm³/mol. The molecule has 0 saturated heterocycles. The van der Waals surface area contributed by atoms with Crippen molar-refractivity contribution in [3.8, 4) is 0 Å². The van der Waals surface area contributed by atoms with Crippen LogP contribution in [0.15, 0.2) is 11.1 Å². The van der Waals surface area contributed by atoms with E-state index >= 15 is 0 Å². The average Bonchev–Trinajstić information content (AvgIpc) is 2.57. The van der Waals surface area contributed by atoms with Crippen molar-refractivity contribution < 1.29 is 9.90 Å². The molecule has 1 radical (unpaired) electrons. The van der Waals surface area contributed by atoms with Crippen LogP contribution in [-0.2, 0) is 9.90 Å². The Bertz CT molecular complexity index is 332. The zero-order valence-corrected chi connectivity index (χ0v) is 17.2. The number of carbonyl (C=O) groups excluding carboxylic acids is 1. The number of hydrogen-bond donors (Lipinski definition) is 1. The second-order valence-electron chi connectivity index (χ2n) is 7.02. The van der Waals surface area contributed by atoms with Crippen LogP contribution in [0.1, 0.15) is 110 Å². The molecule has 3 nitrogen and oxygen atoms in total. The summed E-state index contributed by atoms with van der Waals surface area (Å²) >= 11 is 1.41. The van der Waals surface area contributed by atoms with Crippen molar-refractivity contribution >= 4 is 17.7 Å². The molecule has 147 valence electrons. The average molecular weight is 371 g/mol. The van der Waals surface area contributed by atoms with Crippen molar-refractivity contribution in [3.63, 3.8) is 0 Å². The van der Waals surface area contributed by atoms with Crippen molar-refractivity contribution in [1.82, 2.24) is 0 Å². The summed E-state index contributed by atoms with van der Waals surface area (Å²) < 4.78 is 0. The molecule has 0 atom stereocenters. The van der Waals surface area contributed by atoms with E-state index in [4.69, 9.17) is 5.73 Å². The highest BCUT2D eigenvalue weighted by atomic mass is 32.2. The molecule has 0 spiro atoms. The first-order valence-electron chi connectivity index (χ1n) is 10.5. The predicted octanol–water partition coefficient (Wildman–Crippen LogP) is 6.74. The van der Waals surface area contributed by atoms with Crippen molar-refractivity contribution in [2.75, 3.05) is 5.75 Å². The van der Waals surface area contributed by atoms with E-state index < -0.39 is 5.97 Å². The fraction of sp³-hybridized carbons (Fsp3) is 0.857. The second-order valence-corrected chi connectivity index (χ2v) is 8.19. The number of rotatable bonds is 19. The molecular weight excluding hydrogens is 330 g/mol. The Kier molecular flexibility index (Phi) is 19.2. The molecule has 0 aliphatic heterocycles. The Morgan fingerprint density at radius 2 is 1.08 bits per heavy atom. The van der Waals surface area contributed by atoms with Gasteiger partial charge in [-0.3, -0.25) is 0 Å². The first-order chi connectivity index (χ1) is 12.2. The summed E-state index contributed by atoms with van der Waals surface area (Å²) in [5.41, 5.74) is 5.54. The normalized spacial score (nSPS) is 11.8. The van der Waals surface area contributed by atoms with Gasteiger partial charge in [0.25, 0.3) is 0 Å². The maximum absolute atomic E-state index is 10.3. The van der Waals surface area contributed by atoms with Crippen molar-refractivity contribution in [1.29, 1.82) is 0 Å². The van der Waals surface area contributed by atoms with Gasteiger partial charge in [-0.2, -0.15) is 0 Å². The summed E-state index contributed by atoms with van der Waals surface area (Å²) in [5, 5.41) is 10.7. The molecule has 0 aliphatic carbocycles. The van der Waals surface area contributed by atoms with Crippen molar-refractivity contribution in [2.24, 2.45) is 5.73 Å². The molecule has 0 aliphatic rings. The first-order valence-corrected chi connectivity index (χ1v) is 11.5. The molecule has 0 saturated carbocycles. The van der Waals surface area contributed by atoms with Gasteiger partial charge >= 0.3 is 5.97 Å². The minimum Gasteiger partial charge on any atom is -0.393 e. The lowest BCUT2D eigenvalue weighted by atomic mass is 10.0. The van der Waals surface area contributed by atoms with E-state index in [0.29, 0.717) is 5.03 Å². The van der Waals surface area contributed by atoms with Gasteiger partial charge in [-0.05, 0) is 12.2 Å². The molecule has 4 heteroatoms. The third kappa shape index (κ3) is 21.3. The smallest absolute Gasteiger partial charge is 0.381 e. The van der Waals surface area contributed by atoms with Gasteiger partial charge in [0.1, 0.15) is 0 Å². The van der Waals surface area contributed by atoms with Gasteiger partial charge in [0.2, 0.25) is 0 Å². The number of thioether (sulfide) groups is 1. The summed E-state index contributed by atoms with van der Waals surface area (Å²) in [6, 6.07) is 0. The number of carbonyl (C=O) groups is 1. The standard InChI is InChI=1S/C21H40NO2S/c1-2-3-4-5-6-7-8-9-10-11-12-13-14-15-16-17-18-25-20(22)19-21(23)24/h19H,2-18,22H2,1H3/b20-19-.